The molecule has 1 saturated heterocycles. The smallest absolute Gasteiger partial charge is 0.420 e. The molecular formula is C30H33N7O4. The normalized spacial score (nSPS) is 17.6. The van der Waals surface area contributed by atoms with Gasteiger partial charge in [-0.2, -0.15) is 0 Å². The van der Waals surface area contributed by atoms with E-state index in [1.165, 1.54) is 7.11 Å². The fourth-order valence-electron chi connectivity index (χ4n) is 5.17. The van der Waals surface area contributed by atoms with Crippen molar-refractivity contribution in [2.45, 2.75) is 36.9 Å². The largest absolute Gasteiger partial charge is 0.452 e. The first-order valence-electron chi connectivity index (χ1n) is 13.5. The Kier molecular flexibility index (Phi) is 9.09. The number of ether oxygens (including phenoxy) is 2. The van der Waals surface area contributed by atoms with Crippen LogP contribution >= 0.6 is 0 Å². The number of hydrogen-bond acceptors (Lipinski definition) is 9. The molecular weight excluding hydrogens is 522 g/mol. The van der Waals surface area contributed by atoms with E-state index < -0.39 is 24.0 Å². The molecule has 0 aliphatic carbocycles. The van der Waals surface area contributed by atoms with Crippen LogP contribution in [0.15, 0.2) is 84.9 Å². The van der Waals surface area contributed by atoms with Gasteiger partial charge in [0.05, 0.1) is 37.6 Å². The first-order chi connectivity index (χ1) is 20.1. The lowest BCUT2D eigenvalue weighted by Crippen LogP contribution is -2.50. The number of imide groups is 1. The van der Waals surface area contributed by atoms with E-state index in [4.69, 9.17) is 15.2 Å². The number of hydrogen-bond donors (Lipinski definition) is 3. The van der Waals surface area contributed by atoms with Crippen molar-refractivity contribution in [2.75, 3.05) is 25.2 Å². The standard InChI is InChI=1S/C30H33N7O4/c1-40-30(39)37(29(38)27(31)26(21-11-4-2-5-12-21)22-13-6-3-7-14-22)25-15-9-8-10-20(25)16-17-23-18-32-24(19-41-23)28-33-35-36-34-28/h2-15,23-24,26-27,32H,16-19,31H2,1H3,(H,33,34,35,36)/t23-,24+,27+/m1/s1. The Morgan fingerprint density at radius 2 is 1.68 bits per heavy atom. The predicted octanol–water partition coefficient (Wildman–Crippen LogP) is 3.12. The summed E-state index contributed by atoms with van der Waals surface area (Å²) < 4.78 is 11.1. The molecule has 0 spiro atoms. The summed E-state index contributed by atoms with van der Waals surface area (Å²) in [5.41, 5.74) is 9.70. The maximum Gasteiger partial charge on any atom is 0.420 e. The number of carbonyl (C=O) groups excluding carboxylic acids is 2. The van der Waals surface area contributed by atoms with Crippen LogP contribution in [0, 0.1) is 0 Å². The Balaban J connectivity index is 1.36. The Labute approximate surface area is 238 Å². The molecule has 3 atom stereocenters. The molecule has 2 amide bonds. The molecule has 11 heteroatoms. The lowest BCUT2D eigenvalue weighted by molar-refractivity contribution is -0.119. The number of para-hydroxylation sites is 1. The van der Waals surface area contributed by atoms with Crippen molar-refractivity contribution in [1.82, 2.24) is 25.9 Å². The van der Waals surface area contributed by atoms with Crippen LogP contribution < -0.4 is 16.0 Å². The molecule has 4 aromatic rings. The summed E-state index contributed by atoms with van der Waals surface area (Å²) >= 11 is 0. The summed E-state index contributed by atoms with van der Waals surface area (Å²) in [6, 6.07) is 25.3. The number of rotatable bonds is 9. The van der Waals surface area contributed by atoms with Gasteiger partial charge in [0, 0.05) is 12.5 Å². The first kappa shape index (κ1) is 28.1. The highest BCUT2D eigenvalue weighted by atomic mass is 16.5. The van der Waals surface area contributed by atoms with Gasteiger partial charge in [0.2, 0.25) is 0 Å². The van der Waals surface area contributed by atoms with E-state index in [9.17, 15) is 9.59 Å². The number of carbonyl (C=O) groups is 2. The Hall–Kier alpha value is -4.45. The molecule has 1 aliphatic heterocycles. The average molecular weight is 556 g/mol. The summed E-state index contributed by atoms with van der Waals surface area (Å²) in [6.45, 7) is 1.03. The van der Waals surface area contributed by atoms with Crippen molar-refractivity contribution in [3.8, 4) is 0 Å². The zero-order chi connectivity index (χ0) is 28.6. The number of H-pyrrole nitrogens is 1. The van der Waals surface area contributed by atoms with E-state index in [1.807, 2.05) is 72.8 Å². The Bertz CT molecular complexity index is 1370. The Morgan fingerprint density at radius 1 is 1.02 bits per heavy atom. The molecule has 0 saturated carbocycles. The van der Waals surface area contributed by atoms with Gasteiger partial charge in [0.1, 0.15) is 0 Å². The van der Waals surface area contributed by atoms with E-state index in [0.717, 1.165) is 21.6 Å². The maximum absolute atomic E-state index is 14.1. The highest BCUT2D eigenvalue weighted by molar-refractivity contribution is 6.15. The number of aromatic nitrogens is 4. The average Bonchev–Trinajstić information content (AvgIpc) is 3.57. The molecule has 1 aromatic heterocycles. The van der Waals surface area contributed by atoms with Gasteiger partial charge >= 0.3 is 6.09 Å². The zero-order valence-corrected chi connectivity index (χ0v) is 22.7. The number of nitrogens with two attached hydrogens (primary N) is 1. The van der Waals surface area contributed by atoms with E-state index >= 15 is 0 Å². The number of methoxy groups -OCH3 is 1. The van der Waals surface area contributed by atoms with Crippen LogP contribution in [0.25, 0.3) is 0 Å². The van der Waals surface area contributed by atoms with E-state index in [1.54, 1.807) is 12.1 Å². The zero-order valence-electron chi connectivity index (χ0n) is 22.7. The van der Waals surface area contributed by atoms with Gasteiger partial charge in [0.15, 0.2) is 5.82 Å². The van der Waals surface area contributed by atoms with Crippen LogP contribution in [0.1, 0.15) is 40.9 Å². The minimum Gasteiger partial charge on any atom is -0.452 e. The molecule has 3 aromatic carbocycles. The number of aromatic amines is 1. The third kappa shape index (κ3) is 6.49. The number of tetrazole rings is 1. The van der Waals surface area contributed by atoms with Crippen LogP contribution in [-0.4, -0.2) is 65.0 Å². The molecule has 0 unspecified atom stereocenters. The molecule has 0 bridgehead atoms. The molecule has 1 aliphatic rings. The van der Waals surface area contributed by atoms with E-state index in [0.29, 0.717) is 37.5 Å². The van der Waals surface area contributed by atoms with Gasteiger partial charge < -0.3 is 20.5 Å². The highest BCUT2D eigenvalue weighted by Crippen LogP contribution is 2.31. The topological polar surface area (TPSA) is 148 Å². The summed E-state index contributed by atoms with van der Waals surface area (Å²) in [7, 11) is 1.25. The second kappa shape index (κ2) is 13.3. The molecule has 41 heavy (non-hydrogen) atoms. The lowest BCUT2D eigenvalue weighted by atomic mass is 9.84. The van der Waals surface area contributed by atoms with Crippen LogP contribution in [0.3, 0.4) is 0 Å². The molecule has 4 N–H and O–H groups in total. The van der Waals surface area contributed by atoms with Crippen molar-refractivity contribution < 1.29 is 19.1 Å². The summed E-state index contributed by atoms with van der Waals surface area (Å²) in [6.07, 6.45) is 0.364. The minimum atomic E-state index is -1.06. The molecule has 11 nitrogen and oxygen atoms in total. The van der Waals surface area contributed by atoms with Crippen molar-refractivity contribution in [3.63, 3.8) is 0 Å². The fourth-order valence-corrected chi connectivity index (χ4v) is 5.17. The van der Waals surface area contributed by atoms with Crippen LogP contribution in [-0.2, 0) is 20.7 Å². The van der Waals surface area contributed by atoms with Crippen LogP contribution in [0.2, 0.25) is 0 Å². The fraction of sp³-hybridized carbons (Fsp3) is 0.300. The van der Waals surface area contributed by atoms with Gasteiger partial charge in [-0.3, -0.25) is 4.79 Å². The van der Waals surface area contributed by atoms with Crippen molar-refractivity contribution >= 4 is 17.7 Å². The van der Waals surface area contributed by atoms with Gasteiger partial charge in [-0.05, 0) is 46.0 Å². The quantitative estimate of drug-likeness (QED) is 0.283. The number of nitrogens with one attached hydrogen (secondary N) is 2. The number of benzene rings is 3. The predicted molar refractivity (Wildman–Crippen MR) is 152 cm³/mol. The van der Waals surface area contributed by atoms with Crippen molar-refractivity contribution in [1.29, 1.82) is 0 Å². The molecule has 212 valence electrons. The SMILES string of the molecule is COC(=O)N(C(=O)[C@@H](N)C(c1ccccc1)c1ccccc1)c1ccccc1CC[C@@H]1CN[C@H](c2nnn[nH]2)CO1. The second-order valence-corrected chi connectivity index (χ2v) is 9.84. The third-order valence-corrected chi connectivity index (χ3v) is 7.29. The monoisotopic (exact) mass is 555 g/mol. The summed E-state index contributed by atoms with van der Waals surface area (Å²) in [5, 5.41) is 17.3. The third-order valence-electron chi connectivity index (χ3n) is 7.29. The number of anilines is 1. The van der Waals surface area contributed by atoms with Gasteiger partial charge in [-0.15, -0.1) is 5.10 Å². The number of morpholine rings is 1. The number of amides is 2. The number of aryl methyl sites for hydroxylation is 1. The summed E-state index contributed by atoms with van der Waals surface area (Å²) in [5.74, 6) is -0.402. The van der Waals surface area contributed by atoms with E-state index in [2.05, 4.69) is 25.9 Å². The second-order valence-electron chi connectivity index (χ2n) is 9.84. The van der Waals surface area contributed by atoms with Gasteiger partial charge in [-0.1, -0.05) is 78.9 Å². The van der Waals surface area contributed by atoms with Crippen molar-refractivity contribution in [2.24, 2.45) is 5.73 Å². The minimum absolute atomic E-state index is 0.0692. The first-order valence-corrected chi connectivity index (χ1v) is 13.5. The Morgan fingerprint density at radius 3 is 2.27 bits per heavy atom. The van der Waals surface area contributed by atoms with Gasteiger partial charge in [0.25, 0.3) is 5.91 Å². The molecule has 1 fully saturated rings. The molecule has 5 rings (SSSR count). The van der Waals surface area contributed by atoms with E-state index in [-0.39, 0.29) is 12.1 Å². The van der Waals surface area contributed by atoms with Crippen molar-refractivity contribution in [3.05, 3.63) is 107 Å². The molecule has 2 heterocycles. The van der Waals surface area contributed by atoms with Gasteiger partial charge in [-0.25, -0.2) is 14.8 Å². The van der Waals surface area contributed by atoms with Crippen LogP contribution in [0.5, 0.6) is 0 Å². The highest BCUT2D eigenvalue weighted by Gasteiger charge is 2.36. The lowest BCUT2D eigenvalue weighted by Gasteiger charge is -2.31. The van der Waals surface area contributed by atoms with Crippen LogP contribution in [0.4, 0.5) is 10.5 Å². The molecule has 0 radical (unpaired) electrons. The summed E-state index contributed by atoms with van der Waals surface area (Å²) in [4.78, 5) is 28.3. The maximum atomic E-state index is 14.1. The number of nitrogens with zero attached hydrogens (tertiary/aromatic N) is 4.